The van der Waals surface area contributed by atoms with Crippen LogP contribution >= 0.6 is 11.8 Å². The van der Waals surface area contributed by atoms with Crippen LogP contribution in [0.2, 0.25) is 0 Å². The molecule has 0 fully saturated rings. The van der Waals surface area contributed by atoms with Crippen molar-refractivity contribution in [3.05, 3.63) is 71.8 Å². The van der Waals surface area contributed by atoms with E-state index < -0.39 is 5.97 Å². The molecule has 1 aliphatic rings. The fourth-order valence-electron chi connectivity index (χ4n) is 2.60. The van der Waals surface area contributed by atoms with E-state index in [2.05, 4.69) is 10.6 Å². The zero-order valence-corrected chi connectivity index (χ0v) is 14.5. The van der Waals surface area contributed by atoms with Gasteiger partial charge >= 0.3 is 12.0 Å². The van der Waals surface area contributed by atoms with Crippen molar-refractivity contribution in [2.24, 2.45) is 0 Å². The van der Waals surface area contributed by atoms with Gasteiger partial charge in [-0.1, -0.05) is 48.5 Å². The van der Waals surface area contributed by atoms with Crippen molar-refractivity contribution in [3.8, 4) is 0 Å². The quantitative estimate of drug-likeness (QED) is 0.826. The van der Waals surface area contributed by atoms with E-state index in [0.29, 0.717) is 17.7 Å². The number of benzene rings is 2. The third kappa shape index (κ3) is 4.22. The molecule has 2 N–H and O–H groups in total. The van der Waals surface area contributed by atoms with Crippen LogP contribution in [0.4, 0.5) is 4.79 Å². The maximum atomic E-state index is 12.3. The maximum Gasteiger partial charge on any atom is 0.335 e. The minimum Gasteiger partial charge on any atom is -0.466 e. The van der Waals surface area contributed by atoms with E-state index in [9.17, 15) is 9.59 Å². The van der Waals surface area contributed by atoms with Gasteiger partial charge in [0.1, 0.15) is 0 Å². The molecule has 0 aliphatic carbocycles. The molecular formula is C19H18N2O3S. The first-order chi connectivity index (χ1) is 12.2. The highest BCUT2D eigenvalue weighted by atomic mass is 32.2. The number of rotatable bonds is 4. The Morgan fingerprint density at radius 1 is 1.08 bits per heavy atom. The number of nitrogens with one attached hydrogen (secondary N) is 2. The molecule has 25 heavy (non-hydrogen) atoms. The summed E-state index contributed by atoms with van der Waals surface area (Å²) in [4.78, 5) is 25.7. The van der Waals surface area contributed by atoms with Gasteiger partial charge in [0, 0.05) is 11.3 Å². The molecule has 0 bridgehead atoms. The Morgan fingerprint density at radius 2 is 1.72 bits per heavy atom. The van der Waals surface area contributed by atoms with Crippen molar-refractivity contribution in [1.29, 1.82) is 0 Å². The molecule has 0 saturated carbocycles. The third-order valence-electron chi connectivity index (χ3n) is 3.74. The summed E-state index contributed by atoms with van der Waals surface area (Å²) in [6.07, 6.45) is 0.356. The molecule has 0 saturated heterocycles. The smallest absolute Gasteiger partial charge is 0.335 e. The molecule has 1 atom stereocenters. The van der Waals surface area contributed by atoms with Gasteiger partial charge in [0.05, 0.1) is 23.8 Å². The normalized spacial score (nSPS) is 17.3. The summed E-state index contributed by atoms with van der Waals surface area (Å²) in [6.45, 7) is 0. The standard InChI is InChI=1S/C19H18N2O3S/c1-24-18(22)15-12-16(25-14-10-6-3-7-11-14)20-19(23)21-17(15)13-8-4-2-5-9-13/h2-11,16H,12H2,1H3,(H2,20,21,23). The summed E-state index contributed by atoms with van der Waals surface area (Å²) in [5.41, 5.74) is 1.70. The van der Waals surface area contributed by atoms with Crippen molar-refractivity contribution in [2.75, 3.05) is 7.11 Å². The van der Waals surface area contributed by atoms with Gasteiger partial charge in [-0.05, 0) is 17.7 Å². The topological polar surface area (TPSA) is 67.4 Å². The second kappa shape index (κ2) is 7.90. The number of hydrogen-bond acceptors (Lipinski definition) is 4. The van der Waals surface area contributed by atoms with Crippen LogP contribution in [0.1, 0.15) is 12.0 Å². The number of thioether (sulfide) groups is 1. The van der Waals surface area contributed by atoms with E-state index in [1.165, 1.54) is 18.9 Å². The molecule has 1 unspecified atom stereocenters. The van der Waals surface area contributed by atoms with Crippen molar-refractivity contribution >= 4 is 29.5 Å². The minimum atomic E-state index is -0.443. The monoisotopic (exact) mass is 354 g/mol. The first-order valence-electron chi connectivity index (χ1n) is 7.83. The summed E-state index contributed by atoms with van der Waals surface area (Å²) < 4.78 is 4.95. The first-order valence-corrected chi connectivity index (χ1v) is 8.71. The Labute approximate surface area is 150 Å². The number of methoxy groups -OCH3 is 1. The molecule has 6 heteroatoms. The molecule has 1 aliphatic heterocycles. The Hall–Kier alpha value is -2.73. The second-order valence-electron chi connectivity index (χ2n) is 5.43. The number of esters is 1. The first kappa shape index (κ1) is 17.1. The maximum absolute atomic E-state index is 12.3. The van der Waals surface area contributed by atoms with Crippen LogP contribution in [0.15, 0.2) is 71.1 Å². The van der Waals surface area contributed by atoms with E-state index in [1.54, 1.807) is 0 Å². The fourth-order valence-corrected chi connectivity index (χ4v) is 3.66. The largest absolute Gasteiger partial charge is 0.466 e. The molecule has 2 amide bonds. The van der Waals surface area contributed by atoms with Crippen LogP contribution in [0.25, 0.3) is 5.70 Å². The van der Waals surface area contributed by atoms with E-state index >= 15 is 0 Å². The molecule has 0 radical (unpaired) electrons. The predicted octanol–water partition coefficient (Wildman–Crippen LogP) is 3.39. The van der Waals surface area contributed by atoms with Crippen molar-refractivity contribution < 1.29 is 14.3 Å². The zero-order chi connectivity index (χ0) is 17.6. The highest BCUT2D eigenvalue weighted by Gasteiger charge is 2.28. The zero-order valence-electron chi connectivity index (χ0n) is 13.7. The van der Waals surface area contributed by atoms with Gasteiger partial charge in [0.15, 0.2) is 0 Å². The SMILES string of the molecule is COC(=O)C1=C(c2ccccc2)NC(=O)NC(Sc2ccccc2)C1. The summed E-state index contributed by atoms with van der Waals surface area (Å²) in [5.74, 6) is -0.443. The molecule has 0 aromatic heterocycles. The van der Waals surface area contributed by atoms with Crippen molar-refractivity contribution in [3.63, 3.8) is 0 Å². The molecule has 5 nitrogen and oxygen atoms in total. The van der Waals surface area contributed by atoms with Gasteiger partial charge in [0.25, 0.3) is 0 Å². The van der Waals surface area contributed by atoms with Gasteiger partial charge in [0.2, 0.25) is 0 Å². The summed E-state index contributed by atoms with van der Waals surface area (Å²) >= 11 is 1.50. The summed E-state index contributed by atoms with van der Waals surface area (Å²) in [6, 6.07) is 18.7. The predicted molar refractivity (Wildman–Crippen MR) is 97.7 cm³/mol. The Balaban J connectivity index is 1.96. The molecule has 0 spiro atoms. The fraction of sp³-hybridized carbons (Fsp3) is 0.158. The van der Waals surface area contributed by atoms with E-state index in [4.69, 9.17) is 4.74 Å². The lowest BCUT2D eigenvalue weighted by molar-refractivity contribution is -0.136. The van der Waals surface area contributed by atoms with Gasteiger partial charge in [-0.15, -0.1) is 11.8 Å². The Bertz CT molecular complexity index is 791. The lowest BCUT2D eigenvalue weighted by atomic mass is 10.0. The van der Waals surface area contributed by atoms with E-state index in [1.807, 2.05) is 60.7 Å². The molecule has 2 aromatic carbocycles. The molecular weight excluding hydrogens is 336 g/mol. The number of ether oxygens (including phenoxy) is 1. The van der Waals surface area contributed by atoms with Crippen LogP contribution in [0.5, 0.6) is 0 Å². The van der Waals surface area contributed by atoms with Crippen LogP contribution in [0, 0.1) is 0 Å². The molecule has 128 valence electrons. The number of carbonyl (C=O) groups is 2. The second-order valence-corrected chi connectivity index (χ2v) is 6.71. The van der Waals surface area contributed by atoms with Crippen LogP contribution in [-0.4, -0.2) is 24.5 Å². The van der Waals surface area contributed by atoms with Crippen molar-refractivity contribution in [1.82, 2.24) is 10.6 Å². The van der Waals surface area contributed by atoms with Crippen LogP contribution in [0.3, 0.4) is 0 Å². The lowest BCUT2D eigenvalue weighted by Gasteiger charge is -2.16. The lowest BCUT2D eigenvalue weighted by Crippen LogP contribution is -2.37. The Morgan fingerprint density at radius 3 is 2.36 bits per heavy atom. The van der Waals surface area contributed by atoms with E-state index in [-0.39, 0.29) is 11.4 Å². The average Bonchev–Trinajstić information content (AvgIpc) is 2.81. The van der Waals surface area contributed by atoms with Gasteiger partial charge in [-0.25, -0.2) is 9.59 Å². The van der Waals surface area contributed by atoms with Gasteiger partial charge in [-0.2, -0.15) is 0 Å². The highest BCUT2D eigenvalue weighted by molar-refractivity contribution is 8.00. The van der Waals surface area contributed by atoms with Crippen LogP contribution in [-0.2, 0) is 9.53 Å². The van der Waals surface area contributed by atoms with Crippen LogP contribution < -0.4 is 10.6 Å². The average molecular weight is 354 g/mol. The minimum absolute atomic E-state index is 0.280. The van der Waals surface area contributed by atoms with E-state index in [0.717, 1.165) is 10.5 Å². The van der Waals surface area contributed by atoms with Gasteiger partial charge < -0.3 is 15.4 Å². The molecule has 3 rings (SSSR count). The number of carbonyl (C=O) groups excluding carboxylic acids is 2. The van der Waals surface area contributed by atoms with Gasteiger partial charge in [-0.3, -0.25) is 0 Å². The number of hydrogen-bond donors (Lipinski definition) is 2. The molecule has 1 heterocycles. The summed E-state index contributed by atoms with van der Waals surface area (Å²) in [7, 11) is 1.34. The number of amides is 2. The third-order valence-corrected chi connectivity index (χ3v) is 4.85. The summed E-state index contributed by atoms with van der Waals surface area (Å²) in [5, 5.41) is 5.41. The number of urea groups is 1. The Kier molecular flexibility index (Phi) is 5.40. The highest BCUT2D eigenvalue weighted by Crippen LogP contribution is 2.30. The molecule has 2 aromatic rings. The van der Waals surface area contributed by atoms with Crippen molar-refractivity contribution in [2.45, 2.75) is 16.7 Å².